The van der Waals surface area contributed by atoms with Crippen molar-refractivity contribution in [2.45, 2.75) is 58.5 Å². The molecule has 19 heavy (non-hydrogen) atoms. The Morgan fingerprint density at radius 2 is 2.11 bits per heavy atom. The quantitative estimate of drug-likeness (QED) is 0.851. The first kappa shape index (κ1) is 14.3. The molecule has 0 bridgehead atoms. The summed E-state index contributed by atoms with van der Waals surface area (Å²) in [7, 11) is 0. The van der Waals surface area contributed by atoms with Crippen LogP contribution in [0.4, 0.5) is 0 Å². The van der Waals surface area contributed by atoms with Gasteiger partial charge in [0.25, 0.3) is 0 Å². The van der Waals surface area contributed by atoms with E-state index in [2.05, 4.69) is 24.1 Å². The minimum absolute atomic E-state index is 0.486. The summed E-state index contributed by atoms with van der Waals surface area (Å²) in [6, 6.07) is 2.53. The Balaban J connectivity index is 1.87. The van der Waals surface area contributed by atoms with Crippen molar-refractivity contribution in [2.75, 3.05) is 6.61 Å². The Morgan fingerprint density at radius 3 is 2.84 bits per heavy atom. The lowest BCUT2D eigenvalue weighted by atomic mass is 9.90. The molecule has 0 spiro atoms. The third-order valence-corrected chi connectivity index (χ3v) is 3.77. The van der Waals surface area contributed by atoms with Crippen molar-refractivity contribution < 1.29 is 4.74 Å². The highest BCUT2D eigenvalue weighted by Gasteiger charge is 2.14. The van der Waals surface area contributed by atoms with Crippen LogP contribution >= 0.6 is 0 Å². The summed E-state index contributed by atoms with van der Waals surface area (Å²) >= 11 is 0. The molecule has 1 aliphatic carbocycles. The molecule has 0 amide bonds. The molecule has 3 nitrogen and oxygen atoms in total. The summed E-state index contributed by atoms with van der Waals surface area (Å²) < 4.78 is 6.01. The standard InChI is InChI=1S/C16H26N2O/c1-13(2)18-10-15-8-9-17-11-16(15)19-12-14-6-4-3-5-7-14/h8-9,11,13-14,18H,3-7,10,12H2,1-2H3. The maximum Gasteiger partial charge on any atom is 0.142 e. The van der Waals surface area contributed by atoms with Gasteiger partial charge in [0.15, 0.2) is 0 Å². The van der Waals surface area contributed by atoms with Crippen LogP contribution in [0.2, 0.25) is 0 Å². The first-order valence-electron chi connectivity index (χ1n) is 7.55. The molecule has 0 saturated heterocycles. The van der Waals surface area contributed by atoms with Crippen molar-refractivity contribution >= 4 is 0 Å². The molecule has 1 saturated carbocycles. The fourth-order valence-corrected chi connectivity index (χ4v) is 2.56. The fourth-order valence-electron chi connectivity index (χ4n) is 2.56. The topological polar surface area (TPSA) is 34.2 Å². The molecule has 1 aliphatic rings. The average molecular weight is 262 g/mol. The highest BCUT2D eigenvalue weighted by Crippen LogP contribution is 2.25. The minimum Gasteiger partial charge on any atom is -0.491 e. The molecular weight excluding hydrogens is 236 g/mol. The molecule has 0 aromatic carbocycles. The minimum atomic E-state index is 0.486. The van der Waals surface area contributed by atoms with Crippen LogP contribution < -0.4 is 10.1 Å². The van der Waals surface area contributed by atoms with Gasteiger partial charge in [0.2, 0.25) is 0 Å². The lowest BCUT2D eigenvalue weighted by Crippen LogP contribution is -2.22. The maximum absolute atomic E-state index is 6.01. The Labute approximate surface area is 116 Å². The Hall–Kier alpha value is -1.09. The van der Waals surface area contributed by atoms with E-state index in [-0.39, 0.29) is 0 Å². The predicted octanol–water partition coefficient (Wildman–Crippen LogP) is 3.54. The van der Waals surface area contributed by atoms with Crippen molar-refractivity contribution in [3.8, 4) is 5.75 Å². The van der Waals surface area contributed by atoms with Crippen LogP contribution in [0.5, 0.6) is 5.75 Å². The zero-order valence-electron chi connectivity index (χ0n) is 12.2. The molecule has 106 valence electrons. The Kier molecular flexibility index (Phi) is 5.64. The summed E-state index contributed by atoms with van der Waals surface area (Å²) in [4.78, 5) is 4.18. The van der Waals surface area contributed by atoms with Crippen LogP contribution in [0.3, 0.4) is 0 Å². The molecule has 0 radical (unpaired) electrons. The van der Waals surface area contributed by atoms with Gasteiger partial charge in [-0.05, 0) is 24.8 Å². The molecule has 0 unspecified atom stereocenters. The van der Waals surface area contributed by atoms with Gasteiger partial charge >= 0.3 is 0 Å². The molecule has 1 aromatic rings. The van der Waals surface area contributed by atoms with Gasteiger partial charge in [-0.1, -0.05) is 33.1 Å². The van der Waals surface area contributed by atoms with Gasteiger partial charge in [-0.2, -0.15) is 0 Å². The molecule has 3 heteroatoms. The predicted molar refractivity (Wildman–Crippen MR) is 78.3 cm³/mol. The number of nitrogens with one attached hydrogen (secondary N) is 1. The summed E-state index contributed by atoms with van der Waals surface area (Å²) in [5, 5.41) is 3.43. The number of pyridine rings is 1. The van der Waals surface area contributed by atoms with Crippen LogP contribution in [-0.2, 0) is 6.54 Å². The number of nitrogens with zero attached hydrogens (tertiary/aromatic N) is 1. The highest BCUT2D eigenvalue weighted by atomic mass is 16.5. The van der Waals surface area contributed by atoms with E-state index in [0.29, 0.717) is 6.04 Å². The van der Waals surface area contributed by atoms with Crippen molar-refractivity contribution in [1.82, 2.24) is 10.3 Å². The number of ether oxygens (including phenoxy) is 1. The van der Waals surface area contributed by atoms with Gasteiger partial charge in [-0.15, -0.1) is 0 Å². The van der Waals surface area contributed by atoms with E-state index >= 15 is 0 Å². The van der Waals surface area contributed by atoms with E-state index in [1.54, 1.807) is 0 Å². The van der Waals surface area contributed by atoms with Gasteiger partial charge in [0.1, 0.15) is 5.75 Å². The molecule has 0 atom stereocenters. The number of hydrogen-bond donors (Lipinski definition) is 1. The van der Waals surface area contributed by atoms with Gasteiger partial charge in [-0.3, -0.25) is 4.98 Å². The van der Waals surface area contributed by atoms with Gasteiger partial charge in [0, 0.05) is 24.3 Å². The van der Waals surface area contributed by atoms with E-state index in [1.807, 2.05) is 18.5 Å². The Morgan fingerprint density at radius 1 is 1.32 bits per heavy atom. The van der Waals surface area contributed by atoms with Gasteiger partial charge in [0.05, 0.1) is 12.8 Å². The summed E-state index contributed by atoms with van der Waals surface area (Å²) in [6.07, 6.45) is 10.4. The lowest BCUT2D eigenvalue weighted by Gasteiger charge is -2.22. The van der Waals surface area contributed by atoms with E-state index in [9.17, 15) is 0 Å². The third-order valence-electron chi connectivity index (χ3n) is 3.77. The molecular formula is C16H26N2O. The van der Waals surface area contributed by atoms with Crippen molar-refractivity contribution in [2.24, 2.45) is 5.92 Å². The fraction of sp³-hybridized carbons (Fsp3) is 0.688. The van der Waals surface area contributed by atoms with Gasteiger partial charge in [-0.25, -0.2) is 0 Å². The summed E-state index contributed by atoms with van der Waals surface area (Å²) in [5.74, 6) is 1.68. The maximum atomic E-state index is 6.01. The third kappa shape index (κ3) is 4.83. The van der Waals surface area contributed by atoms with E-state index in [4.69, 9.17) is 4.74 Å². The van der Waals surface area contributed by atoms with E-state index in [0.717, 1.165) is 24.8 Å². The first-order valence-corrected chi connectivity index (χ1v) is 7.55. The SMILES string of the molecule is CC(C)NCc1ccncc1OCC1CCCCC1. The molecule has 0 aliphatic heterocycles. The molecule has 1 fully saturated rings. The normalized spacial score (nSPS) is 16.8. The second-order valence-electron chi connectivity index (χ2n) is 5.83. The summed E-state index contributed by atoms with van der Waals surface area (Å²) in [6.45, 7) is 6.01. The van der Waals surface area contributed by atoms with E-state index < -0.39 is 0 Å². The Bertz CT molecular complexity index is 373. The number of rotatable bonds is 6. The van der Waals surface area contributed by atoms with E-state index in [1.165, 1.54) is 37.7 Å². The highest BCUT2D eigenvalue weighted by molar-refractivity contribution is 5.29. The molecule has 1 heterocycles. The first-order chi connectivity index (χ1) is 9.25. The molecule has 1 N–H and O–H groups in total. The van der Waals surface area contributed by atoms with Crippen LogP contribution in [0.15, 0.2) is 18.5 Å². The van der Waals surface area contributed by atoms with Crippen LogP contribution in [0, 0.1) is 5.92 Å². The largest absolute Gasteiger partial charge is 0.491 e. The second kappa shape index (κ2) is 7.49. The smallest absolute Gasteiger partial charge is 0.142 e. The number of hydrogen-bond acceptors (Lipinski definition) is 3. The van der Waals surface area contributed by atoms with Crippen molar-refractivity contribution in [3.05, 3.63) is 24.0 Å². The van der Waals surface area contributed by atoms with Crippen LogP contribution in [-0.4, -0.2) is 17.6 Å². The monoisotopic (exact) mass is 262 g/mol. The van der Waals surface area contributed by atoms with Gasteiger partial charge < -0.3 is 10.1 Å². The molecule has 1 aromatic heterocycles. The molecule has 2 rings (SSSR count). The summed E-state index contributed by atoms with van der Waals surface area (Å²) in [5.41, 5.74) is 1.21. The average Bonchev–Trinajstić information content (AvgIpc) is 2.45. The van der Waals surface area contributed by atoms with Crippen LogP contribution in [0.25, 0.3) is 0 Å². The van der Waals surface area contributed by atoms with Crippen molar-refractivity contribution in [1.29, 1.82) is 0 Å². The number of aromatic nitrogens is 1. The van der Waals surface area contributed by atoms with Crippen LogP contribution in [0.1, 0.15) is 51.5 Å². The lowest BCUT2D eigenvalue weighted by molar-refractivity contribution is 0.206. The zero-order valence-corrected chi connectivity index (χ0v) is 12.2. The second-order valence-corrected chi connectivity index (χ2v) is 5.83. The zero-order chi connectivity index (χ0) is 13.5. The van der Waals surface area contributed by atoms with Crippen molar-refractivity contribution in [3.63, 3.8) is 0 Å².